The van der Waals surface area contributed by atoms with Gasteiger partial charge in [-0.2, -0.15) is 0 Å². The third kappa shape index (κ3) is 4.16. The molecule has 1 aromatic heterocycles. The van der Waals surface area contributed by atoms with Gasteiger partial charge < -0.3 is 5.32 Å². The number of carbonyl (C=O) groups is 2. The highest BCUT2D eigenvalue weighted by molar-refractivity contribution is 6.11. The first-order valence-corrected chi connectivity index (χ1v) is 7.79. The van der Waals surface area contributed by atoms with Gasteiger partial charge in [-0.3, -0.25) is 19.0 Å². The number of carbonyl (C=O) groups excluding carboxylic acids is 2. The number of benzene rings is 1. The third-order valence-corrected chi connectivity index (χ3v) is 3.58. The van der Waals surface area contributed by atoms with Gasteiger partial charge in [-0.25, -0.2) is 4.39 Å². The van der Waals surface area contributed by atoms with Gasteiger partial charge in [0.1, 0.15) is 5.82 Å². The number of amides is 1. The molecule has 1 amide bonds. The van der Waals surface area contributed by atoms with Crippen LogP contribution in [0.2, 0.25) is 0 Å². The maximum atomic E-state index is 13.1. The zero-order chi connectivity index (χ0) is 17.5. The number of halogens is 1. The molecule has 0 unspecified atom stereocenters. The molecule has 2 aromatic rings. The fourth-order valence-electron chi connectivity index (χ4n) is 2.28. The second-order valence-corrected chi connectivity index (χ2v) is 5.36. The fourth-order valence-corrected chi connectivity index (χ4v) is 2.28. The molecule has 0 bridgehead atoms. The number of nitrogens with one attached hydrogen (secondary N) is 1. The van der Waals surface area contributed by atoms with Crippen molar-refractivity contribution < 1.29 is 14.0 Å². The SMILES string of the molecule is CCCCNC(=O)[C@@H](C(=O)c1ccc(F)cc1)n1ccccc1=O. The summed E-state index contributed by atoms with van der Waals surface area (Å²) in [5, 5.41) is 2.68. The Bertz CT molecular complexity index is 768. The van der Waals surface area contributed by atoms with Crippen LogP contribution in [-0.4, -0.2) is 22.8 Å². The Kier molecular flexibility index (Phi) is 6.01. The lowest BCUT2D eigenvalue weighted by molar-refractivity contribution is -0.123. The zero-order valence-corrected chi connectivity index (χ0v) is 13.4. The Balaban J connectivity index is 2.37. The van der Waals surface area contributed by atoms with Crippen molar-refractivity contribution in [3.05, 3.63) is 70.4 Å². The predicted octanol–water partition coefficient (Wildman–Crippen LogP) is 2.33. The summed E-state index contributed by atoms with van der Waals surface area (Å²) in [5.74, 6) is -1.59. The number of nitrogens with zero attached hydrogens (tertiary/aromatic N) is 1. The van der Waals surface area contributed by atoms with E-state index in [2.05, 4.69) is 5.32 Å². The van der Waals surface area contributed by atoms with Crippen LogP contribution in [0.4, 0.5) is 4.39 Å². The van der Waals surface area contributed by atoms with Crippen LogP contribution in [0.25, 0.3) is 0 Å². The number of hydrogen-bond donors (Lipinski definition) is 1. The first-order valence-electron chi connectivity index (χ1n) is 7.79. The topological polar surface area (TPSA) is 68.2 Å². The zero-order valence-electron chi connectivity index (χ0n) is 13.4. The van der Waals surface area contributed by atoms with Gasteiger partial charge in [-0.05, 0) is 36.8 Å². The number of hydrogen-bond acceptors (Lipinski definition) is 3. The van der Waals surface area contributed by atoms with Gasteiger partial charge in [0.05, 0.1) is 0 Å². The van der Waals surface area contributed by atoms with Crippen molar-refractivity contribution >= 4 is 11.7 Å². The monoisotopic (exact) mass is 330 g/mol. The largest absolute Gasteiger partial charge is 0.354 e. The van der Waals surface area contributed by atoms with Gasteiger partial charge in [0, 0.05) is 24.4 Å². The molecule has 0 aliphatic heterocycles. The summed E-state index contributed by atoms with van der Waals surface area (Å²) in [6.45, 7) is 2.40. The molecule has 126 valence electrons. The van der Waals surface area contributed by atoms with Gasteiger partial charge in [0.15, 0.2) is 11.8 Å². The minimum Gasteiger partial charge on any atom is -0.354 e. The van der Waals surface area contributed by atoms with Crippen molar-refractivity contribution in [3.8, 4) is 0 Å². The highest BCUT2D eigenvalue weighted by Crippen LogP contribution is 2.14. The minimum atomic E-state index is -1.32. The van der Waals surface area contributed by atoms with Gasteiger partial charge in [-0.15, -0.1) is 0 Å². The number of pyridine rings is 1. The number of rotatable bonds is 7. The molecule has 1 heterocycles. The van der Waals surface area contributed by atoms with Crippen LogP contribution in [-0.2, 0) is 4.79 Å². The molecule has 1 N–H and O–H groups in total. The van der Waals surface area contributed by atoms with E-state index in [1.165, 1.54) is 30.5 Å². The van der Waals surface area contributed by atoms with Crippen molar-refractivity contribution in [2.75, 3.05) is 6.54 Å². The van der Waals surface area contributed by atoms with E-state index in [0.717, 1.165) is 29.5 Å². The van der Waals surface area contributed by atoms with E-state index in [4.69, 9.17) is 0 Å². The van der Waals surface area contributed by atoms with E-state index >= 15 is 0 Å². The summed E-state index contributed by atoms with van der Waals surface area (Å²) < 4.78 is 14.1. The smallest absolute Gasteiger partial charge is 0.251 e. The van der Waals surface area contributed by atoms with Crippen molar-refractivity contribution in [2.45, 2.75) is 25.8 Å². The minimum absolute atomic E-state index is 0.169. The predicted molar refractivity (Wildman–Crippen MR) is 88.4 cm³/mol. The average Bonchev–Trinajstić information content (AvgIpc) is 2.57. The quantitative estimate of drug-likeness (QED) is 0.481. The van der Waals surface area contributed by atoms with Crippen LogP contribution in [0.5, 0.6) is 0 Å². The van der Waals surface area contributed by atoms with Crippen LogP contribution in [0.1, 0.15) is 36.2 Å². The van der Waals surface area contributed by atoms with Gasteiger partial charge in [0.2, 0.25) is 0 Å². The van der Waals surface area contributed by atoms with Crippen LogP contribution in [0.3, 0.4) is 0 Å². The van der Waals surface area contributed by atoms with Gasteiger partial charge in [-0.1, -0.05) is 19.4 Å². The average molecular weight is 330 g/mol. The van der Waals surface area contributed by atoms with Crippen LogP contribution in [0.15, 0.2) is 53.5 Å². The molecule has 0 saturated carbocycles. The van der Waals surface area contributed by atoms with Crippen molar-refractivity contribution in [1.82, 2.24) is 9.88 Å². The lowest BCUT2D eigenvalue weighted by Gasteiger charge is -2.18. The molecule has 2 rings (SSSR count). The van der Waals surface area contributed by atoms with E-state index < -0.39 is 29.1 Å². The molecule has 0 saturated heterocycles. The Labute approximate surface area is 139 Å². The highest BCUT2D eigenvalue weighted by atomic mass is 19.1. The van der Waals surface area contributed by atoms with E-state index in [1.54, 1.807) is 6.07 Å². The molecule has 6 heteroatoms. The summed E-state index contributed by atoms with van der Waals surface area (Å²) in [7, 11) is 0. The highest BCUT2D eigenvalue weighted by Gasteiger charge is 2.29. The van der Waals surface area contributed by atoms with Gasteiger partial charge in [0.25, 0.3) is 11.5 Å². The molecule has 24 heavy (non-hydrogen) atoms. The van der Waals surface area contributed by atoms with Crippen molar-refractivity contribution in [3.63, 3.8) is 0 Å². The fraction of sp³-hybridized carbons (Fsp3) is 0.278. The van der Waals surface area contributed by atoms with E-state index in [9.17, 15) is 18.8 Å². The summed E-state index contributed by atoms with van der Waals surface area (Å²) in [4.78, 5) is 37.3. The molecule has 0 spiro atoms. The molecule has 5 nitrogen and oxygen atoms in total. The molecule has 1 aromatic carbocycles. The lowest BCUT2D eigenvalue weighted by atomic mass is 10.0. The summed E-state index contributed by atoms with van der Waals surface area (Å²) in [5.41, 5.74) is -0.286. The van der Waals surface area contributed by atoms with Crippen molar-refractivity contribution in [2.24, 2.45) is 0 Å². The molecule has 0 aliphatic rings. The van der Waals surface area contributed by atoms with E-state index in [-0.39, 0.29) is 5.56 Å². The summed E-state index contributed by atoms with van der Waals surface area (Å²) in [6, 6.07) is 7.97. The first kappa shape index (κ1) is 17.6. The standard InChI is InChI=1S/C18H19FN2O3/c1-2-3-11-20-18(24)16(21-12-5-4-6-15(21)22)17(23)13-7-9-14(19)10-8-13/h4-10,12,16H,2-3,11H2,1H3,(H,20,24)/t16-/m1/s1. The molecule has 0 radical (unpaired) electrons. The van der Waals surface area contributed by atoms with E-state index in [0.29, 0.717) is 6.54 Å². The lowest BCUT2D eigenvalue weighted by Crippen LogP contribution is -2.41. The summed E-state index contributed by atoms with van der Waals surface area (Å²) >= 11 is 0. The molecular formula is C18H19FN2O3. The Hall–Kier alpha value is -2.76. The maximum Gasteiger partial charge on any atom is 0.251 e. The van der Waals surface area contributed by atoms with Crippen molar-refractivity contribution in [1.29, 1.82) is 0 Å². The maximum absolute atomic E-state index is 13.1. The second kappa shape index (κ2) is 8.19. The number of ketones is 1. The molecule has 0 fully saturated rings. The van der Waals surface area contributed by atoms with E-state index in [1.807, 2.05) is 6.92 Å². The molecule has 1 atom stereocenters. The van der Waals surface area contributed by atoms with Crippen LogP contribution < -0.4 is 10.9 Å². The van der Waals surface area contributed by atoms with Crippen LogP contribution >= 0.6 is 0 Å². The van der Waals surface area contributed by atoms with Gasteiger partial charge >= 0.3 is 0 Å². The Morgan fingerprint density at radius 1 is 1.17 bits per heavy atom. The Morgan fingerprint density at radius 2 is 1.88 bits per heavy atom. The molecular weight excluding hydrogens is 311 g/mol. The van der Waals surface area contributed by atoms with Crippen LogP contribution in [0, 0.1) is 5.82 Å². The number of aromatic nitrogens is 1. The third-order valence-electron chi connectivity index (χ3n) is 3.58. The first-order chi connectivity index (χ1) is 11.5. The normalized spacial score (nSPS) is 11.8. The number of unbranched alkanes of at least 4 members (excludes halogenated alkanes) is 1. The summed E-state index contributed by atoms with van der Waals surface area (Å²) in [6.07, 6.45) is 3.06. The second-order valence-electron chi connectivity index (χ2n) is 5.36. The number of Topliss-reactive ketones (excluding diaryl/α,β-unsaturated/α-hetero) is 1. The Morgan fingerprint density at radius 3 is 2.50 bits per heavy atom. The molecule has 0 aliphatic carbocycles.